The van der Waals surface area contributed by atoms with E-state index in [4.69, 9.17) is 14.7 Å². The Balaban J connectivity index is 1.73. The molecule has 0 radical (unpaired) electrons. The lowest BCUT2D eigenvalue weighted by Gasteiger charge is -2.26. The Kier molecular flexibility index (Phi) is 6.06. The van der Waals surface area contributed by atoms with Crippen molar-refractivity contribution >= 4 is 11.6 Å². The summed E-state index contributed by atoms with van der Waals surface area (Å²) < 4.78 is 5.40. The molecule has 2 N–H and O–H groups in total. The minimum atomic E-state index is -0.0621. The highest BCUT2D eigenvalue weighted by Gasteiger charge is 2.14. The van der Waals surface area contributed by atoms with Crippen molar-refractivity contribution in [3.63, 3.8) is 0 Å². The van der Waals surface area contributed by atoms with Crippen LogP contribution in [0.15, 0.2) is 36.4 Å². The van der Waals surface area contributed by atoms with Crippen molar-refractivity contribution in [2.24, 2.45) is 0 Å². The summed E-state index contributed by atoms with van der Waals surface area (Å²) in [6.45, 7) is 11.9. The van der Waals surface area contributed by atoms with Crippen LogP contribution in [0.25, 0.3) is 11.4 Å². The highest BCUT2D eigenvalue weighted by Crippen LogP contribution is 2.22. The van der Waals surface area contributed by atoms with Crippen molar-refractivity contribution in [2.45, 2.75) is 26.3 Å². The highest BCUT2D eigenvalue weighted by atomic mass is 16.5. The Morgan fingerprint density at radius 3 is 2.42 bits per heavy atom. The normalized spacial score (nSPS) is 15.7. The smallest absolute Gasteiger partial charge is 0.163 e. The second kappa shape index (κ2) is 8.47. The quantitative estimate of drug-likeness (QED) is 0.830. The summed E-state index contributed by atoms with van der Waals surface area (Å²) in [6.07, 6.45) is 0. The van der Waals surface area contributed by atoms with Gasteiger partial charge in [-0.25, -0.2) is 9.97 Å². The first-order valence-electron chi connectivity index (χ1n) is 9.26. The molecule has 1 saturated heterocycles. The Morgan fingerprint density at radius 2 is 1.73 bits per heavy atom. The lowest BCUT2D eigenvalue weighted by Crippen LogP contribution is -2.39. The second-order valence-corrected chi connectivity index (χ2v) is 7.58. The van der Waals surface area contributed by atoms with E-state index in [1.165, 1.54) is 0 Å². The zero-order valence-corrected chi connectivity index (χ0v) is 16.0. The van der Waals surface area contributed by atoms with Crippen molar-refractivity contribution < 1.29 is 4.74 Å². The second-order valence-electron chi connectivity index (χ2n) is 7.58. The Labute approximate surface area is 156 Å². The fourth-order valence-corrected chi connectivity index (χ4v) is 2.87. The molecule has 1 aromatic heterocycles. The highest BCUT2D eigenvalue weighted by molar-refractivity contribution is 5.61. The van der Waals surface area contributed by atoms with Crippen LogP contribution in [0.4, 0.5) is 11.6 Å². The number of anilines is 2. The fraction of sp³-hybridized carbons (Fsp3) is 0.500. The number of hydrogen-bond donors (Lipinski definition) is 2. The molecule has 1 aliphatic heterocycles. The number of aromatic nitrogens is 2. The molecule has 0 saturated carbocycles. The molecule has 140 valence electrons. The summed E-state index contributed by atoms with van der Waals surface area (Å²) in [7, 11) is 0. The molecule has 0 spiro atoms. The minimum Gasteiger partial charge on any atom is -0.379 e. The predicted molar refractivity (Wildman–Crippen MR) is 107 cm³/mol. The van der Waals surface area contributed by atoms with Crippen molar-refractivity contribution in [1.29, 1.82) is 0 Å². The molecule has 2 heterocycles. The van der Waals surface area contributed by atoms with E-state index in [0.29, 0.717) is 0 Å². The SMILES string of the molecule is CC(C)(C)Nc1cc(NCCN2CCOCC2)nc(-c2ccccc2)n1. The van der Waals surface area contributed by atoms with Gasteiger partial charge in [0.1, 0.15) is 11.6 Å². The molecule has 1 aromatic carbocycles. The first-order chi connectivity index (χ1) is 12.5. The van der Waals surface area contributed by atoms with E-state index >= 15 is 0 Å². The van der Waals surface area contributed by atoms with Gasteiger partial charge in [-0.15, -0.1) is 0 Å². The van der Waals surface area contributed by atoms with Crippen LogP contribution in [0, 0.1) is 0 Å². The predicted octanol–water partition coefficient (Wildman–Crippen LogP) is 3.10. The number of benzene rings is 1. The van der Waals surface area contributed by atoms with Crippen molar-refractivity contribution in [3.8, 4) is 11.4 Å². The number of nitrogens with one attached hydrogen (secondary N) is 2. The van der Waals surface area contributed by atoms with Gasteiger partial charge in [0.2, 0.25) is 0 Å². The molecular weight excluding hydrogens is 326 g/mol. The van der Waals surface area contributed by atoms with Crippen LogP contribution in [-0.2, 0) is 4.74 Å². The molecule has 6 nitrogen and oxygen atoms in total. The van der Waals surface area contributed by atoms with Crippen LogP contribution in [-0.4, -0.2) is 59.8 Å². The van der Waals surface area contributed by atoms with Gasteiger partial charge in [0, 0.05) is 43.3 Å². The van der Waals surface area contributed by atoms with Gasteiger partial charge in [0.05, 0.1) is 13.2 Å². The zero-order chi connectivity index (χ0) is 18.4. The third-order valence-electron chi connectivity index (χ3n) is 4.10. The van der Waals surface area contributed by atoms with Gasteiger partial charge in [-0.05, 0) is 20.8 Å². The average molecular weight is 355 g/mol. The van der Waals surface area contributed by atoms with E-state index in [1.807, 2.05) is 36.4 Å². The third kappa shape index (κ3) is 5.68. The average Bonchev–Trinajstić information content (AvgIpc) is 2.62. The Bertz CT molecular complexity index is 693. The van der Waals surface area contributed by atoms with Crippen LogP contribution >= 0.6 is 0 Å². The zero-order valence-electron chi connectivity index (χ0n) is 16.0. The molecule has 26 heavy (non-hydrogen) atoms. The fourth-order valence-electron chi connectivity index (χ4n) is 2.87. The Morgan fingerprint density at radius 1 is 1.04 bits per heavy atom. The third-order valence-corrected chi connectivity index (χ3v) is 4.10. The van der Waals surface area contributed by atoms with Gasteiger partial charge in [0.25, 0.3) is 0 Å². The molecule has 1 fully saturated rings. The summed E-state index contributed by atoms with van der Waals surface area (Å²) in [4.78, 5) is 11.8. The van der Waals surface area contributed by atoms with Crippen LogP contribution < -0.4 is 10.6 Å². The number of rotatable bonds is 6. The maximum atomic E-state index is 5.40. The van der Waals surface area contributed by atoms with Gasteiger partial charge in [-0.3, -0.25) is 4.90 Å². The van der Waals surface area contributed by atoms with Gasteiger partial charge in [-0.2, -0.15) is 0 Å². The summed E-state index contributed by atoms with van der Waals surface area (Å²) >= 11 is 0. The summed E-state index contributed by atoms with van der Waals surface area (Å²) in [5, 5.41) is 6.91. The van der Waals surface area contributed by atoms with Crippen LogP contribution in [0.3, 0.4) is 0 Å². The van der Waals surface area contributed by atoms with E-state index in [1.54, 1.807) is 0 Å². The first kappa shape index (κ1) is 18.6. The van der Waals surface area contributed by atoms with E-state index < -0.39 is 0 Å². The minimum absolute atomic E-state index is 0.0621. The molecule has 3 rings (SSSR count). The largest absolute Gasteiger partial charge is 0.379 e. The maximum absolute atomic E-state index is 5.40. The standard InChI is InChI=1S/C20H29N5O/c1-20(2,3)24-18-15-17(21-9-10-25-11-13-26-14-12-25)22-19(23-18)16-7-5-4-6-8-16/h4-8,15H,9-14H2,1-3H3,(H2,21,22,23,24). The first-order valence-corrected chi connectivity index (χ1v) is 9.26. The van der Waals surface area contributed by atoms with E-state index in [-0.39, 0.29) is 5.54 Å². The molecule has 0 atom stereocenters. The van der Waals surface area contributed by atoms with Gasteiger partial charge >= 0.3 is 0 Å². The molecule has 0 aliphatic carbocycles. The van der Waals surface area contributed by atoms with Gasteiger partial charge < -0.3 is 15.4 Å². The van der Waals surface area contributed by atoms with Crippen LogP contribution in [0.1, 0.15) is 20.8 Å². The monoisotopic (exact) mass is 355 g/mol. The van der Waals surface area contributed by atoms with E-state index in [2.05, 4.69) is 36.3 Å². The maximum Gasteiger partial charge on any atom is 0.163 e. The lowest BCUT2D eigenvalue weighted by atomic mass is 10.1. The summed E-state index contributed by atoms with van der Waals surface area (Å²) in [5.74, 6) is 2.41. The molecule has 2 aromatic rings. The number of nitrogens with zero attached hydrogens (tertiary/aromatic N) is 3. The number of ether oxygens (including phenoxy) is 1. The summed E-state index contributed by atoms with van der Waals surface area (Å²) in [6, 6.07) is 12.1. The molecule has 0 bridgehead atoms. The molecule has 0 unspecified atom stereocenters. The molecular formula is C20H29N5O. The van der Waals surface area contributed by atoms with Crippen LogP contribution in [0.5, 0.6) is 0 Å². The van der Waals surface area contributed by atoms with E-state index in [0.717, 1.165) is 62.4 Å². The lowest BCUT2D eigenvalue weighted by molar-refractivity contribution is 0.0398. The molecule has 1 aliphatic rings. The van der Waals surface area contributed by atoms with Crippen LogP contribution in [0.2, 0.25) is 0 Å². The Hall–Kier alpha value is -2.18. The number of morpholine rings is 1. The number of hydrogen-bond acceptors (Lipinski definition) is 6. The molecule has 6 heteroatoms. The molecule has 0 amide bonds. The van der Waals surface area contributed by atoms with Gasteiger partial charge in [0.15, 0.2) is 5.82 Å². The van der Waals surface area contributed by atoms with E-state index in [9.17, 15) is 0 Å². The van der Waals surface area contributed by atoms with Crippen molar-refractivity contribution in [3.05, 3.63) is 36.4 Å². The summed E-state index contributed by atoms with van der Waals surface area (Å²) in [5.41, 5.74) is 0.953. The van der Waals surface area contributed by atoms with Crippen molar-refractivity contribution in [1.82, 2.24) is 14.9 Å². The van der Waals surface area contributed by atoms with Crippen molar-refractivity contribution in [2.75, 3.05) is 50.0 Å². The topological polar surface area (TPSA) is 62.3 Å². The van der Waals surface area contributed by atoms with Gasteiger partial charge in [-0.1, -0.05) is 30.3 Å².